The molecule has 0 saturated carbocycles. The summed E-state index contributed by atoms with van der Waals surface area (Å²) in [5, 5.41) is 17.7. The molecule has 0 aromatic heterocycles. The number of carbonyl (C=O) groups is 3. The molecule has 5 rings (SSSR count). The number of carboxylic acid groups (broad SMARTS) is 1. The van der Waals surface area contributed by atoms with E-state index in [0.29, 0.717) is 5.56 Å². The van der Waals surface area contributed by atoms with Gasteiger partial charge in [-0.2, -0.15) is 5.11 Å². The number of amides is 2. The molecule has 0 aliphatic carbocycles. The first-order chi connectivity index (χ1) is 15.5. The normalized spacial score (nSPS) is 19.2. The van der Waals surface area contributed by atoms with Crippen LogP contribution in [0.3, 0.4) is 0 Å². The number of benzene rings is 3. The minimum atomic E-state index is -1.22. The molecule has 3 aromatic carbocycles. The number of aromatic carboxylic acids is 1. The third kappa shape index (κ3) is 3.04. The molecule has 2 aliphatic heterocycles. The predicted octanol–water partition coefficient (Wildman–Crippen LogP) is 4.25. The van der Waals surface area contributed by atoms with E-state index in [1.807, 2.05) is 37.3 Å². The van der Waals surface area contributed by atoms with Crippen LogP contribution in [0.25, 0.3) is 11.1 Å². The fourth-order valence-corrected chi connectivity index (χ4v) is 4.08. The summed E-state index contributed by atoms with van der Waals surface area (Å²) in [5.41, 5.74) is 5.54. The van der Waals surface area contributed by atoms with Crippen LogP contribution in [0.2, 0.25) is 0 Å². The van der Waals surface area contributed by atoms with Gasteiger partial charge in [0.1, 0.15) is 6.04 Å². The van der Waals surface area contributed by atoms with Crippen LogP contribution in [-0.2, 0) is 0 Å². The summed E-state index contributed by atoms with van der Waals surface area (Å²) in [6.45, 7) is 1.92. The van der Waals surface area contributed by atoms with Crippen LogP contribution < -0.4 is 10.3 Å². The predicted molar refractivity (Wildman–Crippen MR) is 117 cm³/mol. The van der Waals surface area contributed by atoms with E-state index >= 15 is 0 Å². The van der Waals surface area contributed by atoms with Crippen molar-refractivity contribution < 1.29 is 19.5 Å². The minimum Gasteiger partial charge on any atom is -0.478 e. The fraction of sp³-hybridized carbons (Fsp3) is 0.125. The van der Waals surface area contributed by atoms with Crippen LogP contribution in [0.4, 0.5) is 5.69 Å². The Kier molecular flexibility index (Phi) is 4.55. The van der Waals surface area contributed by atoms with Crippen molar-refractivity contribution in [3.8, 4) is 11.1 Å². The highest BCUT2D eigenvalue weighted by molar-refractivity contribution is 6.35. The van der Waals surface area contributed by atoms with Gasteiger partial charge in [0.05, 0.1) is 28.4 Å². The summed E-state index contributed by atoms with van der Waals surface area (Å²) < 4.78 is 0. The molecule has 2 atom stereocenters. The van der Waals surface area contributed by atoms with Crippen molar-refractivity contribution in [1.82, 2.24) is 5.43 Å². The van der Waals surface area contributed by atoms with Crippen LogP contribution in [0.1, 0.15) is 49.6 Å². The van der Waals surface area contributed by atoms with Gasteiger partial charge in [-0.05, 0) is 47.9 Å². The molecule has 2 amide bonds. The molecule has 8 heteroatoms. The Balaban J connectivity index is 1.60. The van der Waals surface area contributed by atoms with Crippen molar-refractivity contribution >= 4 is 23.5 Å². The number of anilines is 1. The summed E-state index contributed by atoms with van der Waals surface area (Å²) in [6, 6.07) is 18.7. The quantitative estimate of drug-likeness (QED) is 0.606. The molecule has 2 aliphatic rings. The maximum atomic E-state index is 13.3. The smallest absolute Gasteiger partial charge is 0.337 e. The fourth-order valence-electron chi connectivity index (χ4n) is 4.08. The van der Waals surface area contributed by atoms with Crippen molar-refractivity contribution in [3.63, 3.8) is 0 Å². The number of hydrogen-bond acceptors (Lipinski definition) is 6. The lowest BCUT2D eigenvalue weighted by atomic mass is 9.98. The molecule has 0 fully saturated rings. The van der Waals surface area contributed by atoms with Crippen LogP contribution in [0, 0.1) is 0 Å². The van der Waals surface area contributed by atoms with E-state index in [9.17, 15) is 19.5 Å². The molecule has 0 bridgehead atoms. The highest BCUT2D eigenvalue weighted by Crippen LogP contribution is 2.36. The molecule has 2 heterocycles. The summed E-state index contributed by atoms with van der Waals surface area (Å²) in [4.78, 5) is 39.4. The first-order valence-electron chi connectivity index (χ1n) is 10.1. The Labute approximate surface area is 183 Å². The Morgan fingerprint density at radius 1 is 0.938 bits per heavy atom. The Morgan fingerprint density at radius 2 is 1.69 bits per heavy atom. The van der Waals surface area contributed by atoms with E-state index in [1.54, 1.807) is 30.3 Å². The lowest BCUT2D eigenvalue weighted by molar-refractivity contribution is 0.0698. The second-order valence-corrected chi connectivity index (χ2v) is 7.73. The largest absolute Gasteiger partial charge is 0.478 e. The minimum absolute atomic E-state index is 0.0437. The first kappa shape index (κ1) is 19.6. The second kappa shape index (κ2) is 7.42. The molecule has 8 nitrogen and oxygen atoms in total. The molecule has 32 heavy (non-hydrogen) atoms. The van der Waals surface area contributed by atoms with E-state index in [2.05, 4.69) is 15.8 Å². The molecular formula is C24H18N4O4. The van der Waals surface area contributed by atoms with E-state index in [1.165, 1.54) is 6.07 Å². The molecule has 0 spiro atoms. The summed E-state index contributed by atoms with van der Waals surface area (Å²) in [6.07, 6.45) is 0. The summed E-state index contributed by atoms with van der Waals surface area (Å²) in [7, 11) is 0. The van der Waals surface area contributed by atoms with Crippen molar-refractivity contribution in [3.05, 3.63) is 89.0 Å². The number of rotatable bonds is 4. The zero-order valence-electron chi connectivity index (χ0n) is 17.0. The van der Waals surface area contributed by atoms with Crippen LogP contribution in [0.5, 0.6) is 0 Å². The maximum Gasteiger partial charge on any atom is 0.337 e. The molecule has 158 valence electrons. The number of carboxylic acids is 1. The van der Waals surface area contributed by atoms with E-state index in [-0.39, 0.29) is 34.5 Å². The van der Waals surface area contributed by atoms with Crippen LogP contribution in [0.15, 0.2) is 77.1 Å². The highest BCUT2D eigenvalue weighted by atomic mass is 16.4. The van der Waals surface area contributed by atoms with Gasteiger partial charge in [-0.25, -0.2) is 9.69 Å². The van der Waals surface area contributed by atoms with Crippen molar-refractivity contribution in [2.24, 2.45) is 10.3 Å². The highest BCUT2D eigenvalue weighted by Gasteiger charge is 2.39. The molecule has 0 saturated heterocycles. The number of nitrogens with one attached hydrogen (secondary N) is 1. The van der Waals surface area contributed by atoms with E-state index in [0.717, 1.165) is 16.0 Å². The van der Waals surface area contributed by atoms with Crippen LogP contribution in [-0.4, -0.2) is 28.9 Å². The SMILES string of the molecule is CC1NN=NC1c1ccc2c(c1)C(=O)N(c1cc(-c3ccccc3)ccc1C(=O)O)C2=O. The lowest BCUT2D eigenvalue weighted by Crippen LogP contribution is -2.31. The molecular weight excluding hydrogens is 408 g/mol. The Morgan fingerprint density at radius 3 is 2.38 bits per heavy atom. The molecule has 3 aromatic rings. The second-order valence-electron chi connectivity index (χ2n) is 7.73. The van der Waals surface area contributed by atoms with Gasteiger partial charge in [-0.1, -0.05) is 47.7 Å². The van der Waals surface area contributed by atoms with Crippen molar-refractivity contribution in [1.29, 1.82) is 0 Å². The van der Waals surface area contributed by atoms with Crippen molar-refractivity contribution in [2.45, 2.75) is 19.0 Å². The van der Waals surface area contributed by atoms with E-state index in [4.69, 9.17) is 0 Å². The number of carbonyl (C=O) groups excluding carboxylic acids is 2. The summed E-state index contributed by atoms with van der Waals surface area (Å²) >= 11 is 0. The van der Waals surface area contributed by atoms with Gasteiger partial charge in [0.15, 0.2) is 0 Å². The van der Waals surface area contributed by atoms with Crippen LogP contribution >= 0.6 is 0 Å². The van der Waals surface area contributed by atoms with Gasteiger partial charge in [-0.3, -0.25) is 15.0 Å². The average Bonchev–Trinajstić information content (AvgIpc) is 3.34. The monoisotopic (exact) mass is 426 g/mol. The third-order valence-electron chi connectivity index (χ3n) is 5.75. The van der Waals surface area contributed by atoms with Gasteiger partial charge >= 0.3 is 5.97 Å². The van der Waals surface area contributed by atoms with Gasteiger partial charge < -0.3 is 5.11 Å². The lowest BCUT2D eigenvalue weighted by Gasteiger charge is -2.18. The molecule has 2 unspecified atom stereocenters. The Bertz CT molecular complexity index is 1300. The Hall–Kier alpha value is -4.33. The average molecular weight is 426 g/mol. The van der Waals surface area contributed by atoms with Crippen molar-refractivity contribution in [2.75, 3.05) is 4.90 Å². The zero-order valence-corrected chi connectivity index (χ0v) is 17.0. The third-order valence-corrected chi connectivity index (χ3v) is 5.75. The number of imide groups is 1. The van der Waals surface area contributed by atoms with Gasteiger partial charge in [0, 0.05) is 0 Å². The topological polar surface area (TPSA) is 111 Å². The number of fused-ring (bicyclic) bond motifs is 1. The maximum absolute atomic E-state index is 13.3. The number of hydrogen-bond donors (Lipinski definition) is 2. The molecule has 0 radical (unpaired) electrons. The first-order valence-corrected chi connectivity index (χ1v) is 10.1. The van der Waals surface area contributed by atoms with E-state index < -0.39 is 17.8 Å². The van der Waals surface area contributed by atoms with Gasteiger partial charge in [-0.15, -0.1) is 0 Å². The number of nitrogens with zero attached hydrogens (tertiary/aromatic N) is 3. The zero-order chi connectivity index (χ0) is 22.4. The standard InChI is InChI=1S/C24H18N4O4/c1-13-21(26-27-25-13)16-8-9-17-19(11-16)23(30)28(22(17)29)20-12-15(7-10-18(20)24(31)32)14-5-3-2-4-6-14/h2-13,21H,1H3,(H,25,26)(H,31,32). The van der Waals surface area contributed by atoms with Gasteiger partial charge in [0.25, 0.3) is 11.8 Å². The summed E-state index contributed by atoms with van der Waals surface area (Å²) in [5.74, 6) is -2.33. The molecule has 2 N–H and O–H groups in total. The van der Waals surface area contributed by atoms with Gasteiger partial charge in [0.2, 0.25) is 0 Å².